The maximum atomic E-state index is 12.4. The van der Waals surface area contributed by atoms with Crippen molar-refractivity contribution < 1.29 is 4.79 Å². The number of hydrogen-bond acceptors (Lipinski definition) is 5. The summed E-state index contributed by atoms with van der Waals surface area (Å²) < 4.78 is 0. The van der Waals surface area contributed by atoms with Crippen molar-refractivity contribution in [1.82, 2.24) is 20.2 Å². The first-order valence-electron chi connectivity index (χ1n) is 7.88. The number of carbonyl (C=O) groups is 1. The Balaban J connectivity index is 1.64. The van der Waals surface area contributed by atoms with Crippen LogP contribution in [0.3, 0.4) is 0 Å². The Morgan fingerprint density at radius 3 is 3.10 bits per heavy atom. The fourth-order valence-electron chi connectivity index (χ4n) is 3.40. The van der Waals surface area contributed by atoms with Gasteiger partial charge in [-0.2, -0.15) is 0 Å². The topological polar surface area (TPSA) is 70.2 Å². The molecule has 2 fully saturated rings. The van der Waals surface area contributed by atoms with E-state index in [0.717, 1.165) is 19.5 Å². The molecule has 0 saturated carbocycles. The lowest BCUT2D eigenvalue weighted by Gasteiger charge is -2.32. The molecule has 2 N–H and O–H groups in total. The summed E-state index contributed by atoms with van der Waals surface area (Å²) in [4.78, 5) is 23.3. The highest BCUT2D eigenvalue weighted by atomic mass is 16.2. The Morgan fingerprint density at radius 1 is 1.33 bits per heavy atom. The number of amides is 1. The van der Waals surface area contributed by atoms with E-state index in [1.165, 1.54) is 32.0 Å². The molecule has 0 bridgehead atoms. The van der Waals surface area contributed by atoms with Crippen molar-refractivity contribution >= 4 is 11.7 Å². The number of nitrogens with zero attached hydrogens (tertiary/aromatic N) is 3. The third kappa shape index (κ3) is 3.15. The van der Waals surface area contributed by atoms with Crippen LogP contribution < -0.4 is 10.6 Å². The second-order valence-corrected chi connectivity index (χ2v) is 5.79. The standard InChI is InChI=1S/C15H23N5O/c1-2-17-14-10-16-9-12(18-14)15(21)19-11-6-8-20-7-4-3-5-13(11)20/h9-11,13H,2-8H2,1H3,(H,17,18)(H,19,21). The monoisotopic (exact) mass is 289 g/mol. The minimum absolute atomic E-state index is 0.111. The van der Waals surface area contributed by atoms with Gasteiger partial charge in [0.1, 0.15) is 11.5 Å². The molecule has 6 nitrogen and oxygen atoms in total. The summed E-state index contributed by atoms with van der Waals surface area (Å²) in [6.45, 7) is 5.02. The zero-order valence-corrected chi connectivity index (χ0v) is 12.5. The highest BCUT2D eigenvalue weighted by molar-refractivity contribution is 5.92. The fraction of sp³-hybridized carbons (Fsp3) is 0.667. The van der Waals surface area contributed by atoms with Gasteiger partial charge in [0.15, 0.2) is 0 Å². The van der Waals surface area contributed by atoms with Gasteiger partial charge in [0, 0.05) is 25.2 Å². The van der Waals surface area contributed by atoms with Crippen molar-refractivity contribution in [3.63, 3.8) is 0 Å². The first kappa shape index (κ1) is 14.3. The molecular weight excluding hydrogens is 266 g/mol. The molecule has 2 aliphatic rings. The molecule has 1 aromatic heterocycles. The van der Waals surface area contributed by atoms with E-state index in [4.69, 9.17) is 0 Å². The number of anilines is 1. The smallest absolute Gasteiger partial charge is 0.271 e. The van der Waals surface area contributed by atoms with E-state index in [1.54, 1.807) is 6.20 Å². The molecule has 1 aromatic rings. The highest BCUT2D eigenvalue weighted by Crippen LogP contribution is 2.27. The molecule has 2 unspecified atom stereocenters. The highest BCUT2D eigenvalue weighted by Gasteiger charge is 2.36. The number of hydrogen-bond donors (Lipinski definition) is 2. The molecule has 2 atom stereocenters. The maximum absolute atomic E-state index is 12.4. The average molecular weight is 289 g/mol. The number of piperidine rings is 1. The van der Waals surface area contributed by atoms with Crippen molar-refractivity contribution in [1.29, 1.82) is 0 Å². The van der Waals surface area contributed by atoms with Gasteiger partial charge in [0.2, 0.25) is 0 Å². The van der Waals surface area contributed by atoms with Crippen molar-refractivity contribution in [3.8, 4) is 0 Å². The molecule has 0 spiro atoms. The van der Waals surface area contributed by atoms with Crippen LogP contribution >= 0.6 is 0 Å². The molecule has 3 heterocycles. The third-order valence-corrected chi connectivity index (χ3v) is 4.40. The van der Waals surface area contributed by atoms with Crippen LogP contribution in [0.15, 0.2) is 12.4 Å². The summed E-state index contributed by atoms with van der Waals surface area (Å²) in [6, 6.07) is 0.759. The van der Waals surface area contributed by atoms with Crippen LogP contribution in [0.4, 0.5) is 5.82 Å². The first-order valence-corrected chi connectivity index (χ1v) is 7.88. The van der Waals surface area contributed by atoms with Gasteiger partial charge in [-0.3, -0.25) is 14.7 Å². The SMILES string of the molecule is CCNc1cncc(C(=O)NC2CCN3CCCCC23)n1. The second-order valence-electron chi connectivity index (χ2n) is 5.79. The van der Waals surface area contributed by atoms with Crippen molar-refractivity contribution in [2.24, 2.45) is 0 Å². The Bertz CT molecular complexity index is 507. The minimum Gasteiger partial charge on any atom is -0.369 e. The summed E-state index contributed by atoms with van der Waals surface area (Å²) in [5.74, 6) is 0.538. The average Bonchev–Trinajstić information content (AvgIpc) is 2.91. The number of carbonyl (C=O) groups excluding carboxylic acids is 1. The van der Waals surface area contributed by atoms with Crippen LogP contribution in [0, 0.1) is 0 Å². The second kappa shape index (κ2) is 6.39. The molecule has 114 valence electrons. The van der Waals surface area contributed by atoms with E-state index < -0.39 is 0 Å². The fourth-order valence-corrected chi connectivity index (χ4v) is 3.40. The van der Waals surface area contributed by atoms with E-state index in [1.807, 2.05) is 6.92 Å². The quantitative estimate of drug-likeness (QED) is 0.873. The molecular formula is C15H23N5O. The molecule has 0 aliphatic carbocycles. The van der Waals surface area contributed by atoms with Crippen LogP contribution in [0.2, 0.25) is 0 Å². The number of rotatable bonds is 4. The first-order chi connectivity index (χ1) is 10.3. The van der Waals surface area contributed by atoms with Crippen molar-refractivity contribution in [3.05, 3.63) is 18.1 Å². The van der Waals surface area contributed by atoms with Gasteiger partial charge in [-0.15, -0.1) is 0 Å². The van der Waals surface area contributed by atoms with Gasteiger partial charge in [-0.05, 0) is 32.7 Å². The Kier molecular flexibility index (Phi) is 4.34. The molecule has 2 aliphatic heterocycles. The molecule has 3 rings (SSSR count). The molecule has 2 saturated heterocycles. The summed E-state index contributed by atoms with van der Waals surface area (Å²) in [6.07, 6.45) is 7.95. The third-order valence-electron chi connectivity index (χ3n) is 4.40. The zero-order valence-electron chi connectivity index (χ0n) is 12.5. The van der Waals surface area contributed by atoms with Gasteiger partial charge >= 0.3 is 0 Å². The predicted octanol–water partition coefficient (Wildman–Crippen LogP) is 1.26. The van der Waals surface area contributed by atoms with E-state index >= 15 is 0 Å². The zero-order chi connectivity index (χ0) is 14.7. The van der Waals surface area contributed by atoms with Crippen LogP contribution in [-0.4, -0.2) is 52.5 Å². The normalized spacial score (nSPS) is 25.4. The van der Waals surface area contributed by atoms with Gasteiger partial charge in [-0.25, -0.2) is 4.98 Å². The van der Waals surface area contributed by atoms with Gasteiger partial charge in [0.25, 0.3) is 5.91 Å². The van der Waals surface area contributed by atoms with E-state index in [9.17, 15) is 4.79 Å². The largest absolute Gasteiger partial charge is 0.369 e. The molecule has 0 radical (unpaired) electrons. The van der Waals surface area contributed by atoms with Crippen LogP contribution in [0.25, 0.3) is 0 Å². The van der Waals surface area contributed by atoms with Crippen LogP contribution in [0.1, 0.15) is 43.1 Å². The van der Waals surface area contributed by atoms with E-state index in [-0.39, 0.29) is 11.9 Å². The summed E-state index contributed by atoms with van der Waals surface area (Å²) in [5.41, 5.74) is 0.391. The van der Waals surface area contributed by atoms with Crippen LogP contribution in [-0.2, 0) is 0 Å². The Morgan fingerprint density at radius 2 is 2.24 bits per heavy atom. The van der Waals surface area contributed by atoms with E-state index in [2.05, 4.69) is 25.5 Å². The number of fused-ring (bicyclic) bond motifs is 1. The minimum atomic E-state index is -0.111. The van der Waals surface area contributed by atoms with Crippen molar-refractivity contribution in [2.45, 2.75) is 44.7 Å². The predicted molar refractivity (Wildman–Crippen MR) is 81.3 cm³/mol. The molecule has 6 heteroatoms. The van der Waals surface area contributed by atoms with Gasteiger partial charge in [-0.1, -0.05) is 6.42 Å². The van der Waals surface area contributed by atoms with Gasteiger partial charge < -0.3 is 10.6 Å². The lowest BCUT2D eigenvalue weighted by molar-refractivity contribution is 0.0910. The summed E-state index contributed by atoms with van der Waals surface area (Å²) in [5, 5.41) is 6.23. The lowest BCUT2D eigenvalue weighted by Crippen LogP contribution is -2.47. The van der Waals surface area contributed by atoms with Crippen molar-refractivity contribution in [2.75, 3.05) is 25.0 Å². The summed E-state index contributed by atoms with van der Waals surface area (Å²) >= 11 is 0. The Labute approximate surface area is 125 Å². The van der Waals surface area contributed by atoms with Crippen LogP contribution in [0.5, 0.6) is 0 Å². The Hall–Kier alpha value is -1.69. The lowest BCUT2D eigenvalue weighted by atomic mass is 9.99. The number of nitrogens with one attached hydrogen (secondary N) is 2. The maximum Gasteiger partial charge on any atom is 0.271 e. The van der Waals surface area contributed by atoms with E-state index in [0.29, 0.717) is 17.6 Å². The number of aromatic nitrogens is 2. The molecule has 21 heavy (non-hydrogen) atoms. The molecule has 1 amide bonds. The van der Waals surface area contributed by atoms with Gasteiger partial charge in [0.05, 0.1) is 12.4 Å². The summed E-state index contributed by atoms with van der Waals surface area (Å²) in [7, 11) is 0. The molecule has 0 aromatic carbocycles.